The first-order chi connectivity index (χ1) is 16.9. The molecule has 200 valence electrons. The van der Waals surface area contributed by atoms with Gasteiger partial charge in [0.05, 0.1) is 42.3 Å². The average molecular weight is 505 g/mol. The van der Waals surface area contributed by atoms with Crippen molar-refractivity contribution in [3.63, 3.8) is 0 Å². The van der Waals surface area contributed by atoms with E-state index in [2.05, 4.69) is 6.58 Å². The molecular weight excluding hydrogens is 464 g/mol. The van der Waals surface area contributed by atoms with E-state index in [9.17, 15) is 19.2 Å². The lowest BCUT2D eigenvalue weighted by atomic mass is 9.55. The molecule has 2 saturated carbocycles. The molecule has 9 unspecified atom stereocenters. The van der Waals surface area contributed by atoms with Crippen LogP contribution in [0, 0.1) is 35.5 Å². The third-order valence-electron chi connectivity index (χ3n) is 8.22. The summed E-state index contributed by atoms with van der Waals surface area (Å²) in [7, 11) is 0. The van der Waals surface area contributed by atoms with Crippen LogP contribution < -0.4 is 0 Å². The molecule has 3 fully saturated rings. The number of Topliss-reactive ketones (excluding diaryl/α,β-unsaturated/α-hetero) is 1. The van der Waals surface area contributed by atoms with Crippen molar-refractivity contribution in [2.45, 2.75) is 85.5 Å². The minimum absolute atomic E-state index is 0.0704. The van der Waals surface area contributed by atoms with Crippen LogP contribution in [-0.2, 0) is 38.1 Å². The SMILES string of the molecule is C=C1C2CC(=O)C(C(C)OC(C)=O)C2C(C2(C)CO2)C(C(=O)OC=C(C)CC)C1C(=O)OC(C)CC. The van der Waals surface area contributed by atoms with Crippen molar-refractivity contribution < 1.29 is 38.1 Å². The van der Waals surface area contributed by atoms with Gasteiger partial charge in [-0.25, -0.2) is 0 Å². The maximum absolute atomic E-state index is 13.7. The van der Waals surface area contributed by atoms with E-state index in [1.165, 1.54) is 13.2 Å². The summed E-state index contributed by atoms with van der Waals surface area (Å²) in [6.07, 6.45) is 1.88. The number of rotatable bonds is 9. The lowest BCUT2D eigenvalue weighted by Gasteiger charge is -2.47. The summed E-state index contributed by atoms with van der Waals surface area (Å²) >= 11 is 0. The highest BCUT2D eigenvalue weighted by Crippen LogP contribution is 2.61. The number of ether oxygens (including phenoxy) is 4. The first-order valence-corrected chi connectivity index (χ1v) is 12.9. The number of fused-ring (bicyclic) bond motifs is 1. The first-order valence-electron chi connectivity index (χ1n) is 12.9. The minimum atomic E-state index is -0.968. The lowest BCUT2D eigenvalue weighted by molar-refractivity contribution is -0.169. The Labute approximate surface area is 213 Å². The van der Waals surface area contributed by atoms with E-state index in [-0.39, 0.29) is 24.2 Å². The lowest BCUT2D eigenvalue weighted by Crippen LogP contribution is -2.54. The highest BCUT2D eigenvalue weighted by molar-refractivity contribution is 5.90. The van der Waals surface area contributed by atoms with Crippen molar-refractivity contribution in [1.29, 1.82) is 0 Å². The van der Waals surface area contributed by atoms with Crippen LogP contribution >= 0.6 is 0 Å². The number of esters is 3. The predicted molar refractivity (Wildman–Crippen MR) is 131 cm³/mol. The quantitative estimate of drug-likeness (QED) is 0.151. The van der Waals surface area contributed by atoms with Gasteiger partial charge in [0.25, 0.3) is 0 Å². The first kappa shape index (κ1) is 28.1. The molecule has 1 aliphatic heterocycles. The predicted octanol–water partition coefficient (Wildman–Crippen LogP) is 4.17. The molecule has 8 heteroatoms. The Hall–Kier alpha value is -2.48. The molecule has 0 aromatic rings. The van der Waals surface area contributed by atoms with Crippen LogP contribution in [0.1, 0.15) is 67.7 Å². The number of hydrogen-bond donors (Lipinski definition) is 0. The fourth-order valence-corrected chi connectivity index (χ4v) is 5.97. The molecule has 1 heterocycles. The van der Waals surface area contributed by atoms with Gasteiger partial charge < -0.3 is 18.9 Å². The van der Waals surface area contributed by atoms with Crippen molar-refractivity contribution in [3.05, 3.63) is 24.0 Å². The van der Waals surface area contributed by atoms with Gasteiger partial charge in [-0.05, 0) is 57.9 Å². The van der Waals surface area contributed by atoms with Crippen LogP contribution in [-0.4, -0.2) is 48.1 Å². The highest BCUT2D eigenvalue weighted by atomic mass is 16.6. The Morgan fingerprint density at radius 2 is 1.81 bits per heavy atom. The summed E-state index contributed by atoms with van der Waals surface area (Å²) in [5, 5.41) is 0. The van der Waals surface area contributed by atoms with Gasteiger partial charge in [-0.2, -0.15) is 0 Å². The standard InChI is InChI=1S/C28H40O8/c1-9-14(3)12-33-26(31)24-21(27(32)35-15(4)10-2)16(5)19-11-20(30)22(17(6)36-18(7)29)23(19)25(24)28(8)13-34-28/h12,15,17,19,21-25H,5,9-11,13H2,1-4,6-8H3. The molecule has 0 N–H and O–H groups in total. The van der Waals surface area contributed by atoms with E-state index in [0.29, 0.717) is 25.0 Å². The van der Waals surface area contributed by atoms with E-state index >= 15 is 0 Å². The zero-order chi connectivity index (χ0) is 26.9. The maximum atomic E-state index is 13.7. The molecule has 2 aliphatic carbocycles. The van der Waals surface area contributed by atoms with E-state index < -0.39 is 59.2 Å². The van der Waals surface area contributed by atoms with Crippen LogP contribution in [0.15, 0.2) is 24.0 Å². The van der Waals surface area contributed by atoms with E-state index in [4.69, 9.17) is 18.9 Å². The Balaban J connectivity index is 2.11. The Morgan fingerprint density at radius 3 is 2.33 bits per heavy atom. The molecule has 1 saturated heterocycles. The van der Waals surface area contributed by atoms with Crippen LogP contribution in [0.5, 0.6) is 0 Å². The Kier molecular flexibility index (Phi) is 8.48. The Bertz CT molecular complexity index is 945. The zero-order valence-electron chi connectivity index (χ0n) is 22.5. The molecular formula is C28H40O8. The molecule has 0 bridgehead atoms. The number of epoxide rings is 1. The monoisotopic (exact) mass is 504 g/mol. The third kappa shape index (κ3) is 5.43. The molecule has 9 atom stereocenters. The number of allylic oxidation sites excluding steroid dienone is 1. The minimum Gasteiger partial charge on any atom is -0.462 e. The molecule has 0 radical (unpaired) electrons. The maximum Gasteiger partial charge on any atom is 0.315 e. The Morgan fingerprint density at radius 1 is 1.17 bits per heavy atom. The van der Waals surface area contributed by atoms with Gasteiger partial charge in [0.1, 0.15) is 11.9 Å². The fourth-order valence-electron chi connectivity index (χ4n) is 5.97. The molecule has 3 aliphatic rings. The second-order valence-electron chi connectivity index (χ2n) is 10.8. The molecule has 0 spiro atoms. The number of hydrogen-bond acceptors (Lipinski definition) is 8. The van der Waals surface area contributed by atoms with Crippen molar-refractivity contribution in [3.8, 4) is 0 Å². The molecule has 0 aromatic heterocycles. The third-order valence-corrected chi connectivity index (χ3v) is 8.22. The summed E-state index contributed by atoms with van der Waals surface area (Å²) in [5.74, 6) is -5.52. The van der Waals surface area contributed by atoms with Gasteiger partial charge >= 0.3 is 17.9 Å². The molecule has 0 aromatic carbocycles. The average Bonchev–Trinajstić information content (AvgIpc) is 3.45. The van der Waals surface area contributed by atoms with E-state index in [0.717, 1.165) is 5.57 Å². The summed E-state index contributed by atoms with van der Waals surface area (Å²) in [6.45, 7) is 17.0. The van der Waals surface area contributed by atoms with Gasteiger partial charge in [-0.15, -0.1) is 0 Å². The van der Waals surface area contributed by atoms with Crippen molar-refractivity contribution in [1.82, 2.24) is 0 Å². The molecule has 3 rings (SSSR count). The molecule has 8 nitrogen and oxygen atoms in total. The summed E-state index contributed by atoms with van der Waals surface area (Å²) in [4.78, 5) is 52.3. The molecule has 0 amide bonds. The molecule has 36 heavy (non-hydrogen) atoms. The van der Waals surface area contributed by atoms with Crippen molar-refractivity contribution in [2.75, 3.05) is 6.61 Å². The number of carbonyl (C=O) groups excluding carboxylic acids is 4. The van der Waals surface area contributed by atoms with Gasteiger partial charge in [-0.1, -0.05) is 26.0 Å². The van der Waals surface area contributed by atoms with E-state index in [1.807, 2.05) is 27.7 Å². The highest BCUT2D eigenvalue weighted by Gasteiger charge is 2.67. The van der Waals surface area contributed by atoms with Crippen LogP contribution in [0.3, 0.4) is 0 Å². The smallest absolute Gasteiger partial charge is 0.315 e. The van der Waals surface area contributed by atoms with Gasteiger partial charge in [0.2, 0.25) is 0 Å². The zero-order valence-corrected chi connectivity index (χ0v) is 22.5. The fraction of sp³-hybridized carbons (Fsp3) is 0.714. The number of ketones is 1. The topological polar surface area (TPSA) is 109 Å². The van der Waals surface area contributed by atoms with Crippen molar-refractivity contribution in [2.24, 2.45) is 35.5 Å². The number of carbonyl (C=O) groups is 4. The summed E-state index contributed by atoms with van der Waals surface area (Å²) < 4.78 is 22.6. The van der Waals surface area contributed by atoms with Crippen molar-refractivity contribution >= 4 is 23.7 Å². The van der Waals surface area contributed by atoms with E-state index in [1.54, 1.807) is 13.8 Å². The van der Waals surface area contributed by atoms with Gasteiger partial charge in [-0.3, -0.25) is 19.2 Å². The second kappa shape index (κ2) is 10.9. The largest absolute Gasteiger partial charge is 0.462 e. The van der Waals surface area contributed by atoms with Crippen LogP contribution in [0.4, 0.5) is 0 Å². The van der Waals surface area contributed by atoms with Gasteiger partial charge in [0, 0.05) is 19.3 Å². The normalized spacial score (nSPS) is 35.5. The second-order valence-corrected chi connectivity index (χ2v) is 10.8. The van der Waals surface area contributed by atoms with Gasteiger partial charge in [0.15, 0.2) is 0 Å². The van der Waals surface area contributed by atoms with Crippen LogP contribution in [0.25, 0.3) is 0 Å². The summed E-state index contributed by atoms with van der Waals surface area (Å²) in [6, 6.07) is 0. The summed E-state index contributed by atoms with van der Waals surface area (Å²) in [5.41, 5.74) is 0.639. The van der Waals surface area contributed by atoms with Crippen LogP contribution in [0.2, 0.25) is 0 Å².